The van der Waals surface area contributed by atoms with Gasteiger partial charge in [-0.15, -0.1) is 0 Å². The van der Waals surface area contributed by atoms with Crippen molar-refractivity contribution >= 4 is 5.78 Å². The molecule has 0 amide bonds. The first-order valence-electron chi connectivity index (χ1n) is 8.29. The second kappa shape index (κ2) is 5.60. The molecular formula is C19H26O4. The van der Waals surface area contributed by atoms with E-state index in [1.54, 1.807) is 7.11 Å². The van der Waals surface area contributed by atoms with E-state index in [4.69, 9.17) is 9.47 Å². The molecule has 1 aromatic carbocycles. The van der Waals surface area contributed by atoms with Gasteiger partial charge in [-0.05, 0) is 47.9 Å². The number of ketones is 1. The maximum atomic E-state index is 12.7. The number of rotatable bonds is 3. The minimum absolute atomic E-state index is 0.0609. The summed E-state index contributed by atoms with van der Waals surface area (Å²) in [7, 11) is 3.18. The first kappa shape index (κ1) is 16.5. The summed E-state index contributed by atoms with van der Waals surface area (Å²) in [5.41, 5.74) is 1.30. The van der Waals surface area contributed by atoms with Crippen molar-refractivity contribution in [1.82, 2.24) is 0 Å². The van der Waals surface area contributed by atoms with E-state index >= 15 is 0 Å². The number of fused-ring (bicyclic) bond motifs is 3. The molecule has 126 valence electrons. The van der Waals surface area contributed by atoms with Gasteiger partial charge in [0.05, 0.1) is 7.11 Å². The zero-order chi connectivity index (χ0) is 16.8. The average molecular weight is 318 g/mol. The van der Waals surface area contributed by atoms with Crippen LogP contribution in [0.2, 0.25) is 0 Å². The molecule has 1 N–H and O–H groups in total. The van der Waals surface area contributed by atoms with E-state index in [2.05, 4.69) is 13.8 Å². The van der Waals surface area contributed by atoms with Crippen LogP contribution in [0.5, 0.6) is 5.75 Å². The molecule has 0 aromatic heterocycles. The van der Waals surface area contributed by atoms with E-state index in [9.17, 15) is 9.90 Å². The Morgan fingerprint density at radius 2 is 2.00 bits per heavy atom. The fraction of sp³-hybridized carbons (Fsp3) is 0.632. The molecule has 2 aliphatic carbocycles. The molecule has 4 nitrogen and oxygen atoms in total. The third kappa shape index (κ3) is 2.31. The second-order valence-corrected chi connectivity index (χ2v) is 7.46. The van der Waals surface area contributed by atoms with Crippen molar-refractivity contribution in [1.29, 1.82) is 0 Å². The molecule has 4 atom stereocenters. The van der Waals surface area contributed by atoms with Crippen molar-refractivity contribution in [2.45, 2.75) is 51.2 Å². The first-order valence-corrected chi connectivity index (χ1v) is 8.29. The molecule has 1 aromatic rings. The monoisotopic (exact) mass is 318 g/mol. The Morgan fingerprint density at radius 3 is 2.65 bits per heavy atom. The van der Waals surface area contributed by atoms with Crippen LogP contribution in [0.25, 0.3) is 0 Å². The van der Waals surface area contributed by atoms with Gasteiger partial charge >= 0.3 is 0 Å². The maximum Gasteiger partial charge on any atom is 0.163 e. The van der Waals surface area contributed by atoms with Crippen molar-refractivity contribution in [2.75, 3.05) is 14.2 Å². The number of methoxy groups -OCH3 is 2. The summed E-state index contributed by atoms with van der Waals surface area (Å²) in [6.07, 6.45) is 2.50. The zero-order valence-corrected chi connectivity index (χ0v) is 14.4. The largest absolute Gasteiger partial charge is 0.497 e. The van der Waals surface area contributed by atoms with Gasteiger partial charge in [-0.2, -0.15) is 0 Å². The zero-order valence-electron chi connectivity index (χ0n) is 14.4. The Hall–Kier alpha value is -1.39. The van der Waals surface area contributed by atoms with Gasteiger partial charge in [0, 0.05) is 24.5 Å². The highest BCUT2D eigenvalue weighted by atomic mass is 16.6. The van der Waals surface area contributed by atoms with Crippen molar-refractivity contribution in [2.24, 2.45) is 11.3 Å². The number of aliphatic hydroxyl groups is 1. The maximum absolute atomic E-state index is 12.7. The molecule has 3 rings (SSSR count). The predicted molar refractivity (Wildman–Crippen MR) is 87.8 cm³/mol. The van der Waals surface area contributed by atoms with E-state index < -0.39 is 11.7 Å². The Labute approximate surface area is 137 Å². The molecular weight excluding hydrogens is 292 g/mol. The van der Waals surface area contributed by atoms with Gasteiger partial charge in [-0.25, -0.2) is 0 Å². The van der Waals surface area contributed by atoms with Crippen LogP contribution in [0.3, 0.4) is 0 Å². The fourth-order valence-corrected chi connectivity index (χ4v) is 4.92. The topological polar surface area (TPSA) is 55.8 Å². The van der Waals surface area contributed by atoms with Gasteiger partial charge in [0.2, 0.25) is 0 Å². The number of carbonyl (C=O) groups is 1. The molecule has 23 heavy (non-hydrogen) atoms. The van der Waals surface area contributed by atoms with Gasteiger partial charge < -0.3 is 14.6 Å². The Kier molecular flexibility index (Phi) is 4.01. The van der Waals surface area contributed by atoms with Gasteiger partial charge in [-0.1, -0.05) is 20.3 Å². The van der Waals surface area contributed by atoms with Crippen molar-refractivity contribution < 1.29 is 19.4 Å². The lowest BCUT2D eigenvalue weighted by Gasteiger charge is -2.55. The normalized spacial score (nSPS) is 34.5. The molecule has 0 saturated heterocycles. The average Bonchev–Trinajstić information content (AvgIpc) is 2.56. The van der Waals surface area contributed by atoms with Crippen molar-refractivity contribution in [3.63, 3.8) is 0 Å². The van der Waals surface area contributed by atoms with Crippen LogP contribution in [-0.2, 0) is 10.2 Å². The lowest BCUT2D eigenvalue weighted by Crippen LogP contribution is -2.55. The standard InChI is InChI=1S/C19H26O4/c1-18-8-5-9-19(2,17(21)23-4)16(18)11-15(20)13-7-6-12(22-3)10-14(13)18/h6-7,10,16-17,21H,5,8-9,11H2,1-4H3/t16?,17?,18?,19-/m0/s1. The lowest BCUT2D eigenvalue weighted by molar-refractivity contribution is -0.194. The first-order chi connectivity index (χ1) is 10.9. The van der Waals surface area contributed by atoms with E-state index in [-0.39, 0.29) is 17.1 Å². The van der Waals surface area contributed by atoms with Crippen LogP contribution < -0.4 is 4.74 Å². The second-order valence-electron chi connectivity index (χ2n) is 7.46. The Bertz CT molecular complexity index is 626. The number of ether oxygens (including phenoxy) is 2. The number of hydrogen-bond acceptors (Lipinski definition) is 4. The van der Waals surface area contributed by atoms with E-state index in [1.165, 1.54) is 7.11 Å². The number of aliphatic hydroxyl groups excluding tert-OH is 1. The summed E-state index contributed by atoms with van der Waals surface area (Å²) in [6.45, 7) is 4.28. The summed E-state index contributed by atoms with van der Waals surface area (Å²) < 4.78 is 10.6. The quantitative estimate of drug-likeness (QED) is 0.869. The number of hydrogen-bond donors (Lipinski definition) is 1. The van der Waals surface area contributed by atoms with Crippen LogP contribution in [0.15, 0.2) is 18.2 Å². The van der Waals surface area contributed by atoms with Crippen molar-refractivity contribution in [3.05, 3.63) is 29.3 Å². The highest BCUT2D eigenvalue weighted by Crippen LogP contribution is 2.58. The Balaban J connectivity index is 2.15. The van der Waals surface area contributed by atoms with Gasteiger partial charge in [-0.3, -0.25) is 4.79 Å². The molecule has 3 unspecified atom stereocenters. The van der Waals surface area contributed by atoms with E-state index in [0.29, 0.717) is 6.42 Å². The summed E-state index contributed by atoms with van der Waals surface area (Å²) in [5.74, 6) is 0.991. The molecule has 0 radical (unpaired) electrons. The van der Waals surface area contributed by atoms with Gasteiger partial charge in [0.25, 0.3) is 0 Å². The summed E-state index contributed by atoms with van der Waals surface area (Å²) in [4.78, 5) is 12.7. The molecule has 0 spiro atoms. The summed E-state index contributed by atoms with van der Waals surface area (Å²) in [5, 5.41) is 10.5. The third-order valence-electron chi connectivity index (χ3n) is 6.30. The minimum Gasteiger partial charge on any atom is -0.497 e. The SMILES string of the molecule is COc1ccc2c(c1)C1(C)CCC[C@](C)(C(O)OC)C1CC2=O. The van der Waals surface area contributed by atoms with E-state index in [0.717, 1.165) is 36.1 Å². The molecule has 0 aliphatic heterocycles. The van der Waals surface area contributed by atoms with Crippen LogP contribution in [0.4, 0.5) is 0 Å². The van der Waals surface area contributed by atoms with Gasteiger partial charge in [0.1, 0.15) is 5.75 Å². The molecule has 1 fully saturated rings. The molecule has 1 saturated carbocycles. The number of benzene rings is 1. The summed E-state index contributed by atoms with van der Waals surface area (Å²) in [6, 6.07) is 5.74. The smallest absolute Gasteiger partial charge is 0.163 e. The molecule has 2 aliphatic rings. The van der Waals surface area contributed by atoms with Crippen LogP contribution >= 0.6 is 0 Å². The molecule has 0 heterocycles. The van der Waals surface area contributed by atoms with Crippen LogP contribution in [0.1, 0.15) is 55.5 Å². The minimum atomic E-state index is -0.855. The van der Waals surface area contributed by atoms with Gasteiger partial charge in [0.15, 0.2) is 12.1 Å². The lowest BCUT2D eigenvalue weighted by atomic mass is 9.49. The third-order valence-corrected chi connectivity index (χ3v) is 6.30. The van der Waals surface area contributed by atoms with Crippen LogP contribution in [0, 0.1) is 11.3 Å². The highest BCUT2D eigenvalue weighted by Gasteiger charge is 2.56. The van der Waals surface area contributed by atoms with E-state index in [1.807, 2.05) is 18.2 Å². The number of Topliss-reactive ketones (excluding diaryl/α,β-unsaturated/α-hetero) is 1. The highest BCUT2D eigenvalue weighted by molar-refractivity contribution is 5.99. The Morgan fingerprint density at radius 1 is 1.26 bits per heavy atom. The number of carbonyl (C=O) groups excluding carboxylic acids is 1. The fourth-order valence-electron chi connectivity index (χ4n) is 4.92. The summed E-state index contributed by atoms with van der Waals surface area (Å²) >= 11 is 0. The molecule has 4 heteroatoms. The van der Waals surface area contributed by atoms with Crippen LogP contribution in [-0.4, -0.2) is 31.4 Å². The van der Waals surface area contributed by atoms with Crippen molar-refractivity contribution in [3.8, 4) is 5.75 Å². The molecule has 0 bridgehead atoms. The predicted octanol–water partition coefficient (Wildman–Crippen LogP) is 3.31.